The molecule has 1 aliphatic carbocycles. The quantitative estimate of drug-likeness (QED) is 0.726. The van der Waals surface area contributed by atoms with E-state index < -0.39 is 6.10 Å². The van der Waals surface area contributed by atoms with Crippen molar-refractivity contribution >= 4 is 10.9 Å². The molecule has 1 saturated carbocycles. The average molecular weight is 323 g/mol. The van der Waals surface area contributed by atoms with Crippen molar-refractivity contribution in [3.63, 3.8) is 0 Å². The second-order valence-corrected chi connectivity index (χ2v) is 7.41. The zero-order chi connectivity index (χ0) is 16.5. The Bertz CT molecular complexity index is 760. The maximum Gasteiger partial charge on any atom is 0.179 e. The lowest BCUT2D eigenvalue weighted by Gasteiger charge is -2.36. The topological polar surface area (TPSA) is 63.0 Å². The van der Waals surface area contributed by atoms with Gasteiger partial charge in [-0.2, -0.15) is 5.26 Å². The van der Waals surface area contributed by atoms with Crippen molar-refractivity contribution < 1.29 is 5.11 Å². The lowest BCUT2D eigenvalue weighted by Crippen LogP contribution is -2.34. The van der Waals surface area contributed by atoms with Crippen LogP contribution in [0.4, 0.5) is 0 Å². The Labute approximate surface area is 143 Å². The minimum absolute atomic E-state index is 0.424. The Balaban J connectivity index is 1.74. The Morgan fingerprint density at radius 2 is 1.96 bits per heavy atom. The van der Waals surface area contributed by atoms with Crippen molar-refractivity contribution in [2.24, 2.45) is 11.8 Å². The van der Waals surface area contributed by atoms with Gasteiger partial charge < -0.3 is 15.0 Å². The molecule has 3 atom stereocenters. The second kappa shape index (κ2) is 6.49. The number of aliphatic hydroxyl groups is 1. The highest BCUT2D eigenvalue weighted by Gasteiger charge is 2.31. The molecule has 4 heteroatoms. The summed E-state index contributed by atoms with van der Waals surface area (Å²) in [5.74, 6) is 1.06. The van der Waals surface area contributed by atoms with Crippen LogP contribution in [0.3, 0.4) is 0 Å². The highest BCUT2D eigenvalue weighted by atomic mass is 16.3. The summed E-state index contributed by atoms with van der Waals surface area (Å²) in [6, 6.07) is 8.25. The van der Waals surface area contributed by atoms with E-state index in [0.29, 0.717) is 11.8 Å². The summed E-state index contributed by atoms with van der Waals surface area (Å²) in [5, 5.41) is 21.7. The first kappa shape index (κ1) is 15.5. The molecule has 0 amide bonds. The van der Waals surface area contributed by atoms with Gasteiger partial charge in [0.1, 0.15) is 0 Å². The molecular formula is C20H25N3O. The van der Waals surface area contributed by atoms with Crippen LogP contribution < -0.4 is 0 Å². The number of nitrogens with zero attached hydrogens (tertiary/aromatic N) is 2. The zero-order valence-corrected chi connectivity index (χ0v) is 14.0. The molecule has 2 N–H and O–H groups in total. The first-order valence-corrected chi connectivity index (χ1v) is 9.18. The predicted molar refractivity (Wildman–Crippen MR) is 94.2 cm³/mol. The summed E-state index contributed by atoms with van der Waals surface area (Å²) in [6.07, 6.45) is 8.46. The highest BCUT2D eigenvalue weighted by Crippen LogP contribution is 2.39. The Morgan fingerprint density at radius 1 is 1.17 bits per heavy atom. The molecule has 0 saturated heterocycles. The maximum absolute atomic E-state index is 10.9. The molecule has 0 radical (unpaired) electrons. The van der Waals surface area contributed by atoms with E-state index in [1.54, 1.807) is 0 Å². The third-order valence-electron chi connectivity index (χ3n) is 6.00. The normalized spacial score (nSPS) is 28.0. The van der Waals surface area contributed by atoms with Crippen LogP contribution in [-0.4, -0.2) is 28.1 Å². The monoisotopic (exact) mass is 323 g/mol. The fourth-order valence-corrected chi connectivity index (χ4v) is 4.73. The minimum atomic E-state index is -0.424. The van der Waals surface area contributed by atoms with Gasteiger partial charge in [0.2, 0.25) is 0 Å². The van der Waals surface area contributed by atoms with E-state index in [0.717, 1.165) is 37.1 Å². The number of para-hydroxylation sites is 1. The number of nitriles is 1. The number of H-pyrrole nitrogens is 1. The second-order valence-electron chi connectivity index (χ2n) is 7.41. The zero-order valence-electron chi connectivity index (χ0n) is 14.0. The minimum Gasteiger partial charge on any atom is -0.387 e. The highest BCUT2D eigenvalue weighted by molar-refractivity contribution is 5.84. The molecule has 2 aromatic rings. The third-order valence-corrected chi connectivity index (χ3v) is 6.00. The number of nitrogens with one attached hydrogen (secondary N) is 1. The van der Waals surface area contributed by atoms with Gasteiger partial charge in [-0.15, -0.1) is 0 Å². The lowest BCUT2D eigenvalue weighted by molar-refractivity contribution is 0.0892. The molecule has 1 aromatic heterocycles. The van der Waals surface area contributed by atoms with Gasteiger partial charge in [0.15, 0.2) is 6.19 Å². The van der Waals surface area contributed by atoms with Gasteiger partial charge in [0.05, 0.1) is 6.10 Å². The largest absolute Gasteiger partial charge is 0.387 e. The summed E-state index contributed by atoms with van der Waals surface area (Å²) in [4.78, 5) is 5.40. The number of aliphatic hydroxyl groups excluding tert-OH is 1. The first-order valence-electron chi connectivity index (χ1n) is 9.18. The van der Waals surface area contributed by atoms with Crippen LogP contribution in [0, 0.1) is 23.3 Å². The maximum atomic E-state index is 10.9. The smallest absolute Gasteiger partial charge is 0.179 e. The predicted octanol–water partition coefficient (Wildman–Crippen LogP) is 3.74. The fraction of sp³-hybridized carbons (Fsp3) is 0.550. The number of aromatic nitrogens is 1. The number of benzene rings is 1. The van der Waals surface area contributed by atoms with E-state index in [1.807, 2.05) is 17.0 Å². The van der Waals surface area contributed by atoms with Crippen molar-refractivity contribution in [3.8, 4) is 6.19 Å². The molecule has 4 rings (SSSR count). The van der Waals surface area contributed by atoms with E-state index >= 15 is 0 Å². The van der Waals surface area contributed by atoms with Crippen molar-refractivity contribution in [3.05, 3.63) is 35.5 Å². The van der Waals surface area contributed by atoms with Gasteiger partial charge in [-0.3, -0.25) is 0 Å². The fourth-order valence-electron chi connectivity index (χ4n) is 4.73. The van der Waals surface area contributed by atoms with E-state index in [1.165, 1.54) is 36.6 Å². The lowest BCUT2D eigenvalue weighted by atomic mass is 9.75. The van der Waals surface area contributed by atoms with E-state index in [2.05, 4.69) is 23.3 Å². The van der Waals surface area contributed by atoms with Gasteiger partial charge in [-0.25, -0.2) is 0 Å². The van der Waals surface area contributed by atoms with Crippen molar-refractivity contribution in [2.75, 3.05) is 13.1 Å². The van der Waals surface area contributed by atoms with Crippen molar-refractivity contribution in [1.29, 1.82) is 5.26 Å². The molecule has 1 aromatic carbocycles. The molecule has 0 spiro atoms. The van der Waals surface area contributed by atoms with Crippen LogP contribution in [0.2, 0.25) is 0 Å². The number of hydrogen-bond acceptors (Lipinski definition) is 3. The summed E-state index contributed by atoms with van der Waals surface area (Å²) >= 11 is 0. The number of aromatic amines is 1. The molecule has 1 fully saturated rings. The van der Waals surface area contributed by atoms with Crippen LogP contribution in [0.15, 0.2) is 24.3 Å². The molecule has 4 nitrogen and oxygen atoms in total. The number of rotatable bonds is 0. The summed E-state index contributed by atoms with van der Waals surface area (Å²) in [6.45, 7) is 1.59. The molecule has 2 heterocycles. The Morgan fingerprint density at radius 3 is 2.79 bits per heavy atom. The number of hydrogen-bond donors (Lipinski definition) is 2. The average Bonchev–Trinajstić information content (AvgIpc) is 2.98. The summed E-state index contributed by atoms with van der Waals surface area (Å²) < 4.78 is 0. The molecule has 1 aliphatic heterocycles. The SMILES string of the molecule is N#CN1CCc2c([nH]c3ccccc23)C(O)CC2CCCCC2C1. The molecule has 0 bridgehead atoms. The van der Waals surface area contributed by atoms with Crippen molar-refractivity contribution in [1.82, 2.24) is 9.88 Å². The van der Waals surface area contributed by atoms with Crippen LogP contribution in [-0.2, 0) is 6.42 Å². The van der Waals surface area contributed by atoms with E-state index in [9.17, 15) is 10.4 Å². The van der Waals surface area contributed by atoms with Crippen LogP contribution >= 0.6 is 0 Å². The first-order chi connectivity index (χ1) is 11.8. The number of fused-ring (bicyclic) bond motifs is 4. The van der Waals surface area contributed by atoms with Gasteiger partial charge in [0.25, 0.3) is 0 Å². The van der Waals surface area contributed by atoms with Crippen LogP contribution in [0.5, 0.6) is 0 Å². The molecule has 24 heavy (non-hydrogen) atoms. The standard InChI is InChI=1S/C20H25N3O/c21-13-23-10-9-17-16-7-3-4-8-18(16)22-20(17)19(24)11-14-5-1-2-6-15(14)12-23/h3-4,7-8,14-15,19,22,24H,1-2,5-6,9-12H2. The van der Waals surface area contributed by atoms with Gasteiger partial charge in [-0.1, -0.05) is 37.5 Å². The van der Waals surface area contributed by atoms with Gasteiger partial charge in [-0.05, 0) is 42.7 Å². The van der Waals surface area contributed by atoms with Crippen LogP contribution in [0.25, 0.3) is 10.9 Å². The van der Waals surface area contributed by atoms with Gasteiger partial charge in [0, 0.05) is 29.7 Å². The van der Waals surface area contributed by atoms with E-state index in [-0.39, 0.29) is 0 Å². The summed E-state index contributed by atoms with van der Waals surface area (Å²) in [7, 11) is 0. The van der Waals surface area contributed by atoms with Crippen molar-refractivity contribution in [2.45, 2.75) is 44.6 Å². The Hall–Kier alpha value is -1.99. The molecule has 3 unspecified atom stereocenters. The molecular weight excluding hydrogens is 298 g/mol. The van der Waals surface area contributed by atoms with E-state index in [4.69, 9.17) is 0 Å². The third kappa shape index (κ3) is 2.78. The molecule has 2 aliphatic rings. The molecule has 126 valence electrons. The summed E-state index contributed by atoms with van der Waals surface area (Å²) in [5.41, 5.74) is 3.25. The van der Waals surface area contributed by atoms with Crippen LogP contribution in [0.1, 0.15) is 49.5 Å². The Kier molecular flexibility index (Phi) is 4.20. The van der Waals surface area contributed by atoms with Gasteiger partial charge >= 0.3 is 0 Å².